The number of nitrogens with one attached hydrogen (secondary N) is 2. The monoisotopic (exact) mass is 304 g/mol. The zero-order chi connectivity index (χ0) is 16.1. The number of hydrogen-bond donors (Lipinski definition) is 2. The van der Waals surface area contributed by atoms with Gasteiger partial charge in [0.2, 0.25) is 0 Å². The lowest BCUT2D eigenvalue weighted by Crippen LogP contribution is -2.41. The Labute approximate surface area is 126 Å². The molecule has 0 saturated heterocycles. The SMILES string of the molecule is CCc1ccc(C(=O)NNC(=O)c2cc(F)cc(F)c2)cc1. The molecule has 22 heavy (non-hydrogen) atoms. The molecule has 0 aromatic heterocycles. The van der Waals surface area contributed by atoms with Gasteiger partial charge in [-0.1, -0.05) is 19.1 Å². The molecule has 0 aliphatic heterocycles. The van der Waals surface area contributed by atoms with E-state index in [9.17, 15) is 18.4 Å². The highest BCUT2D eigenvalue weighted by molar-refractivity contribution is 5.99. The maximum absolute atomic E-state index is 13.0. The quantitative estimate of drug-likeness (QED) is 0.856. The Morgan fingerprint density at radius 2 is 1.36 bits per heavy atom. The molecule has 0 bridgehead atoms. The van der Waals surface area contributed by atoms with E-state index < -0.39 is 23.4 Å². The van der Waals surface area contributed by atoms with Crippen LogP contribution in [0.4, 0.5) is 8.78 Å². The van der Waals surface area contributed by atoms with E-state index in [1.807, 2.05) is 6.92 Å². The molecule has 0 radical (unpaired) electrons. The van der Waals surface area contributed by atoms with Gasteiger partial charge in [-0.05, 0) is 36.2 Å². The summed E-state index contributed by atoms with van der Waals surface area (Å²) in [7, 11) is 0. The zero-order valence-corrected chi connectivity index (χ0v) is 11.8. The van der Waals surface area contributed by atoms with Crippen LogP contribution in [0.3, 0.4) is 0 Å². The number of carbonyl (C=O) groups is 2. The van der Waals surface area contributed by atoms with Gasteiger partial charge in [-0.3, -0.25) is 20.4 Å². The highest BCUT2D eigenvalue weighted by Gasteiger charge is 2.11. The van der Waals surface area contributed by atoms with Crippen LogP contribution in [-0.4, -0.2) is 11.8 Å². The van der Waals surface area contributed by atoms with Crippen molar-refractivity contribution in [1.82, 2.24) is 10.9 Å². The molecule has 2 rings (SSSR count). The lowest BCUT2D eigenvalue weighted by Gasteiger charge is -2.08. The van der Waals surface area contributed by atoms with Crippen LogP contribution in [0, 0.1) is 11.6 Å². The highest BCUT2D eigenvalue weighted by atomic mass is 19.1. The van der Waals surface area contributed by atoms with Gasteiger partial charge in [0.15, 0.2) is 0 Å². The van der Waals surface area contributed by atoms with Gasteiger partial charge in [-0.15, -0.1) is 0 Å². The van der Waals surface area contributed by atoms with Crippen molar-refractivity contribution in [3.05, 3.63) is 70.8 Å². The number of hydrazine groups is 1. The van der Waals surface area contributed by atoms with Crippen LogP contribution in [0.2, 0.25) is 0 Å². The van der Waals surface area contributed by atoms with E-state index in [0.29, 0.717) is 11.6 Å². The summed E-state index contributed by atoms with van der Waals surface area (Å²) in [6, 6.07) is 9.27. The van der Waals surface area contributed by atoms with Gasteiger partial charge in [0.1, 0.15) is 11.6 Å². The summed E-state index contributed by atoms with van der Waals surface area (Å²) in [5, 5.41) is 0. The first-order chi connectivity index (χ1) is 10.5. The predicted molar refractivity (Wildman–Crippen MR) is 77.1 cm³/mol. The van der Waals surface area contributed by atoms with Crippen molar-refractivity contribution in [3.63, 3.8) is 0 Å². The van der Waals surface area contributed by atoms with E-state index in [1.165, 1.54) is 0 Å². The second-order valence-corrected chi connectivity index (χ2v) is 4.62. The molecular weight excluding hydrogens is 290 g/mol. The third kappa shape index (κ3) is 3.88. The predicted octanol–water partition coefficient (Wildman–Crippen LogP) is 2.60. The van der Waals surface area contributed by atoms with E-state index in [-0.39, 0.29) is 5.56 Å². The van der Waals surface area contributed by atoms with Crippen LogP contribution < -0.4 is 10.9 Å². The molecule has 0 spiro atoms. The van der Waals surface area contributed by atoms with Gasteiger partial charge >= 0.3 is 0 Å². The van der Waals surface area contributed by atoms with Crippen LogP contribution in [0.15, 0.2) is 42.5 Å². The van der Waals surface area contributed by atoms with Gasteiger partial charge in [0, 0.05) is 17.2 Å². The number of amides is 2. The molecule has 0 heterocycles. The minimum absolute atomic E-state index is 0.223. The summed E-state index contributed by atoms with van der Waals surface area (Å²) >= 11 is 0. The minimum atomic E-state index is -0.869. The average molecular weight is 304 g/mol. The summed E-state index contributed by atoms with van der Waals surface area (Å²) in [6.45, 7) is 1.99. The number of halogens is 2. The average Bonchev–Trinajstić information content (AvgIpc) is 2.51. The Balaban J connectivity index is 1.99. The maximum atomic E-state index is 13.0. The molecule has 114 valence electrons. The van der Waals surface area contributed by atoms with Crippen molar-refractivity contribution in [1.29, 1.82) is 0 Å². The topological polar surface area (TPSA) is 58.2 Å². The van der Waals surface area contributed by atoms with Crippen molar-refractivity contribution >= 4 is 11.8 Å². The van der Waals surface area contributed by atoms with Gasteiger partial charge in [-0.2, -0.15) is 0 Å². The Morgan fingerprint density at radius 3 is 1.86 bits per heavy atom. The number of aryl methyl sites for hydroxylation is 1. The van der Waals surface area contributed by atoms with Crippen LogP contribution in [-0.2, 0) is 6.42 Å². The van der Waals surface area contributed by atoms with Crippen LogP contribution in [0.25, 0.3) is 0 Å². The molecule has 0 aliphatic carbocycles. The lowest BCUT2D eigenvalue weighted by atomic mass is 10.1. The fourth-order valence-corrected chi connectivity index (χ4v) is 1.83. The Kier molecular flexibility index (Phi) is 4.83. The van der Waals surface area contributed by atoms with Crippen molar-refractivity contribution in [2.75, 3.05) is 0 Å². The van der Waals surface area contributed by atoms with E-state index in [4.69, 9.17) is 0 Å². The normalized spacial score (nSPS) is 10.1. The smallest absolute Gasteiger partial charge is 0.267 e. The summed E-state index contributed by atoms with van der Waals surface area (Å²) in [4.78, 5) is 23.6. The molecule has 0 saturated carbocycles. The summed E-state index contributed by atoms with van der Waals surface area (Å²) in [5.41, 5.74) is 5.52. The van der Waals surface area contributed by atoms with Gasteiger partial charge in [0.25, 0.3) is 11.8 Å². The molecule has 2 aromatic rings. The number of hydrogen-bond acceptors (Lipinski definition) is 2. The fourth-order valence-electron chi connectivity index (χ4n) is 1.83. The van der Waals surface area contributed by atoms with Gasteiger partial charge < -0.3 is 0 Å². The van der Waals surface area contributed by atoms with Crippen LogP contribution in [0.1, 0.15) is 33.2 Å². The Morgan fingerprint density at radius 1 is 0.864 bits per heavy atom. The minimum Gasteiger partial charge on any atom is -0.267 e. The molecule has 0 aliphatic rings. The number of carbonyl (C=O) groups excluding carboxylic acids is 2. The van der Waals surface area contributed by atoms with Crippen molar-refractivity contribution < 1.29 is 18.4 Å². The third-order valence-electron chi connectivity index (χ3n) is 3.04. The molecule has 0 atom stereocenters. The first kappa shape index (κ1) is 15.6. The van der Waals surface area contributed by atoms with E-state index in [0.717, 1.165) is 24.1 Å². The van der Waals surface area contributed by atoms with Gasteiger partial charge in [-0.25, -0.2) is 8.78 Å². The first-order valence-electron chi connectivity index (χ1n) is 6.65. The van der Waals surface area contributed by atoms with E-state index in [1.54, 1.807) is 24.3 Å². The van der Waals surface area contributed by atoms with E-state index in [2.05, 4.69) is 10.9 Å². The number of rotatable bonds is 3. The molecular formula is C16H14F2N2O2. The van der Waals surface area contributed by atoms with Crippen molar-refractivity contribution in [2.24, 2.45) is 0 Å². The maximum Gasteiger partial charge on any atom is 0.269 e. The zero-order valence-electron chi connectivity index (χ0n) is 11.8. The van der Waals surface area contributed by atoms with Crippen molar-refractivity contribution in [3.8, 4) is 0 Å². The summed E-state index contributed by atoms with van der Waals surface area (Å²) in [5.74, 6) is -3.07. The number of benzene rings is 2. The summed E-state index contributed by atoms with van der Waals surface area (Å²) in [6.07, 6.45) is 0.851. The van der Waals surface area contributed by atoms with E-state index >= 15 is 0 Å². The standard InChI is InChI=1S/C16H14F2N2O2/c1-2-10-3-5-11(6-4-10)15(21)19-20-16(22)12-7-13(17)9-14(18)8-12/h3-9H,2H2,1H3,(H,19,21)(H,20,22). The van der Waals surface area contributed by atoms with Crippen LogP contribution in [0.5, 0.6) is 0 Å². The largest absolute Gasteiger partial charge is 0.269 e. The molecule has 6 heteroatoms. The molecule has 4 nitrogen and oxygen atoms in total. The van der Waals surface area contributed by atoms with Crippen molar-refractivity contribution in [2.45, 2.75) is 13.3 Å². The molecule has 2 aromatic carbocycles. The second-order valence-electron chi connectivity index (χ2n) is 4.62. The molecule has 0 fully saturated rings. The molecule has 2 amide bonds. The Hall–Kier alpha value is -2.76. The van der Waals surface area contributed by atoms with Crippen LogP contribution >= 0.6 is 0 Å². The molecule has 2 N–H and O–H groups in total. The first-order valence-corrected chi connectivity index (χ1v) is 6.65. The second kappa shape index (κ2) is 6.80. The highest BCUT2D eigenvalue weighted by Crippen LogP contribution is 2.08. The fraction of sp³-hybridized carbons (Fsp3) is 0.125. The third-order valence-corrected chi connectivity index (χ3v) is 3.04. The molecule has 0 unspecified atom stereocenters. The lowest BCUT2D eigenvalue weighted by molar-refractivity contribution is 0.0846. The van der Waals surface area contributed by atoms with Gasteiger partial charge in [0.05, 0.1) is 0 Å². The summed E-state index contributed by atoms with van der Waals surface area (Å²) < 4.78 is 26.0. The Bertz CT molecular complexity index is 680.